The number of hydrogen-bond donors (Lipinski definition) is 2. The van der Waals surface area contributed by atoms with Gasteiger partial charge in [0, 0.05) is 4.75 Å². The molecule has 0 saturated heterocycles. The molecule has 0 amide bonds. The SMILES string of the molecule is CC(C)(C)CC(CS)C(C)(C)S. The lowest BCUT2D eigenvalue weighted by molar-refractivity contribution is 0.281. The minimum atomic E-state index is 0.0923. The van der Waals surface area contributed by atoms with Gasteiger partial charge in [-0.2, -0.15) is 25.3 Å². The molecule has 1 atom stereocenters. The summed E-state index contributed by atoms with van der Waals surface area (Å²) in [6.07, 6.45) is 1.19. The van der Waals surface area contributed by atoms with Gasteiger partial charge in [-0.25, -0.2) is 0 Å². The molecule has 0 heterocycles. The van der Waals surface area contributed by atoms with Crippen LogP contribution in [0.5, 0.6) is 0 Å². The van der Waals surface area contributed by atoms with Crippen LogP contribution in [-0.2, 0) is 0 Å². The second-order valence-electron chi connectivity index (χ2n) is 5.30. The standard InChI is InChI=1S/C10H22S2/c1-9(2,3)6-8(7-11)10(4,5)12/h8,11-12H,6-7H2,1-5H3. The van der Waals surface area contributed by atoms with Crippen molar-refractivity contribution in [2.24, 2.45) is 11.3 Å². The summed E-state index contributed by atoms with van der Waals surface area (Å²) in [6, 6.07) is 0. The predicted octanol–water partition coefficient (Wildman–Crippen LogP) is 3.68. The molecule has 0 aliphatic carbocycles. The molecule has 12 heavy (non-hydrogen) atoms. The van der Waals surface area contributed by atoms with Gasteiger partial charge in [0.05, 0.1) is 0 Å². The van der Waals surface area contributed by atoms with E-state index in [2.05, 4.69) is 59.9 Å². The van der Waals surface area contributed by atoms with Crippen molar-refractivity contribution in [3.8, 4) is 0 Å². The van der Waals surface area contributed by atoms with Crippen LogP contribution < -0.4 is 0 Å². The fourth-order valence-electron chi connectivity index (χ4n) is 1.28. The monoisotopic (exact) mass is 206 g/mol. The van der Waals surface area contributed by atoms with E-state index in [1.165, 1.54) is 6.42 Å². The minimum Gasteiger partial charge on any atom is -0.179 e. The van der Waals surface area contributed by atoms with Crippen LogP contribution >= 0.6 is 25.3 Å². The molecular formula is C10H22S2. The molecule has 0 aromatic heterocycles. The molecular weight excluding hydrogens is 184 g/mol. The highest BCUT2D eigenvalue weighted by Crippen LogP contribution is 2.34. The highest BCUT2D eigenvalue weighted by atomic mass is 32.1. The molecule has 2 heteroatoms. The fourth-order valence-corrected chi connectivity index (χ4v) is 2.19. The molecule has 0 radical (unpaired) electrons. The topological polar surface area (TPSA) is 0 Å². The van der Waals surface area contributed by atoms with Gasteiger partial charge in [-0.1, -0.05) is 34.6 Å². The Morgan fingerprint density at radius 3 is 1.58 bits per heavy atom. The maximum atomic E-state index is 4.59. The average Bonchev–Trinajstić information content (AvgIpc) is 1.78. The van der Waals surface area contributed by atoms with E-state index in [9.17, 15) is 0 Å². The van der Waals surface area contributed by atoms with Crippen molar-refractivity contribution in [3.05, 3.63) is 0 Å². The van der Waals surface area contributed by atoms with Gasteiger partial charge < -0.3 is 0 Å². The molecule has 1 unspecified atom stereocenters. The quantitative estimate of drug-likeness (QED) is 0.647. The maximum Gasteiger partial charge on any atom is 0.0109 e. The van der Waals surface area contributed by atoms with Crippen molar-refractivity contribution in [2.45, 2.75) is 45.8 Å². The van der Waals surface area contributed by atoms with E-state index in [4.69, 9.17) is 0 Å². The van der Waals surface area contributed by atoms with Crippen LogP contribution in [0.25, 0.3) is 0 Å². The minimum absolute atomic E-state index is 0.0923. The van der Waals surface area contributed by atoms with Gasteiger partial charge in [-0.05, 0) is 23.5 Å². The molecule has 0 N–H and O–H groups in total. The van der Waals surface area contributed by atoms with Crippen molar-refractivity contribution < 1.29 is 0 Å². The summed E-state index contributed by atoms with van der Waals surface area (Å²) < 4.78 is 0.0923. The van der Waals surface area contributed by atoms with Gasteiger partial charge in [0.25, 0.3) is 0 Å². The van der Waals surface area contributed by atoms with E-state index in [0.29, 0.717) is 11.3 Å². The molecule has 0 aliphatic rings. The Bertz CT molecular complexity index is 128. The number of rotatable bonds is 3. The first kappa shape index (κ1) is 12.7. The highest BCUT2D eigenvalue weighted by Gasteiger charge is 2.28. The normalized spacial score (nSPS) is 16.2. The highest BCUT2D eigenvalue weighted by molar-refractivity contribution is 7.82. The first-order valence-corrected chi connectivity index (χ1v) is 5.58. The van der Waals surface area contributed by atoms with E-state index in [-0.39, 0.29) is 4.75 Å². The third-order valence-corrected chi connectivity index (χ3v) is 2.88. The van der Waals surface area contributed by atoms with Crippen molar-refractivity contribution in [2.75, 3.05) is 5.75 Å². The van der Waals surface area contributed by atoms with Crippen LogP contribution in [0.1, 0.15) is 41.0 Å². The zero-order chi connectivity index (χ0) is 9.99. The molecule has 74 valence electrons. The van der Waals surface area contributed by atoms with Crippen molar-refractivity contribution in [3.63, 3.8) is 0 Å². The Kier molecular flexibility index (Phi) is 4.53. The summed E-state index contributed by atoms with van der Waals surface area (Å²) in [5.41, 5.74) is 0.382. The van der Waals surface area contributed by atoms with E-state index < -0.39 is 0 Å². The Hall–Kier alpha value is 0.700. The first-order valence-electron chi connectivity index (χ1n) is 4.50. The van der Waals surface area contributed by atoms with Gasteiger partial charge >= 0.3 is 0 Å². The van der Waals surface area contributed by atoms with Gasteiger partial charge in [-0.3, -0.25) is 0 Å². The molecule has 0 nitrogen and oxygen atoms in total. The van der Waals surface area contributed by atoms with Crippen LogP contribution in [0.3, 0.4) is 0 Å². The lowest BCUT2D eigenvalue weighted by atomic mass is 9.80. The Labute approximate surface area is 88.3 Å². The lowest BCUT2D eigenvalue weighted by Gasteiger charge is -2.33. The van der Waals surface area contributed by atoms with E-state index in [1.54, 1.807) is 0 Å². The second-order valence-corrected chi connectivity index (χ2v) is 6.82. The third kappa shape index (κ3) is 5.36. The largest absolute Gasteiger partial charge is 0.179 e. The van der Waals surface area contributed by atoms with Crippen LogP contribution in [0.4, 0.5) is 0 Å². The van der Waals surface area contributed by atoms with E-state index >= 15 is 0 Å². The van der Waals surface area contributed by atoms with Crippen LogP contribution in [0.2, 0.25) is 0 Å². The summed E-state index contributed by atoms with van der Waals surface area (Å²) in [5, 5.41) is 0. The fraction of sp³-hybridized carbons (Fsp3) is 1.00. The second kappa shape index (κ2) is 4.28. The number of thiol groups is 2. The van der Waals surface area contributed by atoms with Crippen molar-refractivity contribution in [1.82, 2.24) is 0 Å². The number of hydrogen-bond acceptors (Lipinski definition) is 2. The molecule has 0 spiro atoms. The summed E-state index contributed by atoms with van der Waals surface area (Å²) in [5.74, 6) is 1.51. The third-order valence-electron chi connectivity index (χ3n) is 2.08. The lowest BCUT2D eigenvalue weighted by Crippen LogP contribution is -2.30. The zero-order valence-electron chi connectivity index (χ0n) is 8.89. The summed E-state index contributed by atoms with van der Waals surface area (Å²) in [6.45, 7) is 11.1. The summed E-state index contributed by atoms with van der Waals surface area (Å²) in [7, 11) is 0. The molecule has 0 rings (SSSR count). The molecule has 0 aliphatic heterocycles. The van der Waals surface area contributed by atoms with Crippen molar-refractivity contribution in [1.29, 1.82) is 0 Å². The summed E-state index contributed by atoms with van der Waals surface area (Å²) >= 11 is 8.96. The van der Waals surface area contributed by atoms with Crippen LogP contribution in [0.15, 0.2) is 0 Å². The molecule has 0 bridgehead atoms. The van der Waals surface area contributed by atoms with E-state index in [0.717, 1.165) is 5.75 Å². The Balaban J connectivity index is 4.20. The van der Waals surface area contributed by atoms with E-state index in [1.807, 2.05) is 0 Å². The summed E-state index contributed by atoms with van der Waals surface area (Å²) in [4.78, 5) is 0. The van der Waals surface area contributed by atoms with Gasteiger partial charge in [0.15, 0.2) is 0 Å². The van der Waals surface area contributed by atoms with Gasteiger partial charge in [0.2, 0.25) is 0 Å². The molecule has 0 aromatic carbocycles. The molecule has 0 aromatic rings. The van der Waals surface area contributed by atoms with Crippen molar-refractivity contribution >= 4 is 25.3 Å². The molecule has 0 fully saturated rings. The van der Waals surface area contributed by atoms with Gasteiger partial charge in [-0.15, -0.1) is 0 Å². The average molecular weight is 206 g/mol. The van der Waals surface area contributed by atoms with Crippen LogP contribution in [0, 0.1) is 11.3 Å². The van der Waals surface area contributed by atoms with Crippen LogP contribution in [-0.4, -0.2) is 10.5 Å². The Morgan fingerprint density at radius 1 is 1.08 bits per heavy atom. The molecule has 0 saturated carbocycles. The maximum absolute atomic E-state index is 4.59. The predicted molar refractivity (Wildman–Crippen MR) is 64.5 cm³/mol. The zero-order valence-corrected chi connectivity index (χ0v) is 10.7. The first-order chi connectivity index (χ1) is 5.17. The smallest absolute Gasteiger partial charge is 0.0109 e. The van der Waals surface area contributed by atoms with Gasteiger partial charge in [0.1, 0.15) is 0 Å². The Morgan fingerprint density at radius 2 is 1.50 bits per heavy atom.